The van der Waals surface area contributed by atoms with E-state index in [-0.39, 0.29) is 12.1 Å². The van der Waals surface area contributed by atoms with Gasteiger partial charge in [-0.05, 0) is 31.4 Å². The van der Waals surface area contributed by atoms with Crippen LogP contribution < -0.4 is 15.5 Å². The van der Waals surface area contributed by atoms with Gasteiger partial charge < -0.3 is 20.6 Å². The molecule has 0 aliphatic carbocycles. The average Bonchev–Trinajstić information content (AvgIpc) is 3.03. The topological polar surface area (TPSA) is 77.5 Å². The molecule has 2 rings (SSSR count). The smallest absolute Gasteiger partial charge is 0.315 e. The first kappa shape index (κ1) is 18.5. The van der Waals surface area contributed by atoms with Crippen molar-refractivity contribution < 1.29 is 9.90 Å². The zero-order valence-corrected chi connectivity index (χ0v) is 14.8. The maximum absolute atomic E-state index is 12.1. The molecule has 1 aromatic rings. The first-order valence-corrected chi connectivity index (χ1v) is 8.99. The third-order valence-electron chi connectivity index (χ3n) is 4.51. The van der Waals surface area contributed by atoms with Crippen molar-refractivity contribution in [3.8, 4) is 0 Å². The van der Waals surface area contributed by atoms with Gasteiger partial charge in [-0.25, -0.2) is 9.78 Å². The predicted molar refractivity (Wildman–Crippen MR) is 96.2 cm³/mol. The second kappa shape index (κ2) is 8.87. The van der Waals surface area contributed by atoms with E-state index in [1.807, 2.05) is 32.0 Å². The van der Waals surface area contributed by atoms with Gasteiger partial charge >= 0.3 is 6.03 Å². The molecule has 0 saturated carbocycles. The predicted octanol–water partition coefficient (Wildman–Crippen LogP) is 2.29. The summed E-state index contributed by atoms with van der Waals surface area (Å²) in [5.74, 6) is 0.947. The van der Waals surface area contributed by atoms with Crippen molar-refractivity contribution >= 4 is 11.8 Å². The summed E-state index contributed by atoms with van der Waals surface area (Å²) >= 11 is 0. The minimum atomic E-state index is -0.795. The lowest BCUT2D eigenvalue weighted by Crippen LogP contribution is -2.49. The fraction of sp³-hybridized carbons (Fsp3) is 0.667. The highest BCUT2D eigenvalue weighted by molar-refractivity contribution is 5.74. The number of pyridine rings is 1. The summed E-state index contributed by atoms with van der Waals surface area (Å²) in [6, 6.07) is 5.76. The zero-order chi connectivity index (χ0) is 17.4. The molecule has 134 valence electrons. The van der Waals surface area contributed by atoms with Crippen molar-refractivity contribution in [1.82, 2.24) is 15.6 Å². The number of hydrogen-bond acceptors (Lipinski definition) is 4. The van der Waals surface area contributed by atoms with Crippen molar-refractivity contribution in [2.75, 3.05) is 24.5 Å². The summed E-state index contributed by atoms with van der Waals surface area (Å²) in [5, 5.41) is 16.4. The molecule has 2 amide bonds. The molecule has 0 radical (unpaired) electrons. The van der Waals surface area contributed by atoms with Gasteiger partial charge in [0.15, 0.2) is 0 Å². The van der Waals surface area contributed by atoms with E-state index < -0.39 is 5.60 Å². The van der Waals surface area contributed by atoms with Gasteiger partial charge in [0.25, 0.3) is 0 Å². The third-order valence-corrected chi connectivity index (χ3v) is 4.51. The van der Waals surface area contributed by atoms with Gasteiger partial charge in [0.2, 0.25) is 0 Å². The van der Waals surface area contributed by atoms with E-state index >= 15 is 0 Å². The van der Waals surface area contributed by atoms with Crippen LogP contribution in [0, 0.1) is 0 Å². The van der Waals surface area contributed by atoms with Gasteiger partial charge in [0, 0.05) is 31.9 Å². The number of nitrogens with zero attached hydrogens (tertiary/aromatic N) is 2. The first-order valence-electron chi connectivity index (χ1n) is 8.99. The standard InChI is InChI=1S/C18H30N4O2/c1-3-9-18(24,10-4-2)14-20-17(23)21-15-8-12-22(13-15)16-7-5-6-11-19-16/h5-7,11,15,24H,3-4,8-10,12-14H2,1-2H3,(H2,20,21,23). The second-order valence-corrected chi connectivity index (χ2v) is 6.67. The molecule has 1 unspecified atom stereocenters. The molecule has 1 aliphatic rings. The van der Waals surface area contributed by atoms with E-state index in [1.54, 1.807) is 6.20 Å². The molecule has 3 N–H and O–H groups in total. The molecule has 1 aromatic heterocycles. The van der Waals surface area contributed by atoms with Gasteiger partial charge in [-0.2, -0.15) is 0 Å². The average molecular weight is 334 g/mol. The number of aliphatic hydroxyl groups is 1. The molecule has 1 atom stereocenters. The largest absolute Gasteiger partial charge is 0.388 e. The van der Waals surface area contributed by atoms with Crippen LogP contribution in [0.3, 0.4) is 0 Å². The monoisotopic (exact) mass is 334 g/mol. The second-order valence-electron chi connectivity index (χ2n) is 6.67. The minimum Gasteiger partial charge on any atom is -0.388 e. The fourth-order valence-electron chi connectivity index (χ4n) is 3.34. The summed E-state index contributed by atoms with van der Waals surface area (Å²) < 4.78 is 0. The highest BCUT2D eigenvalue weighted by atomic mass is 16.3. The maximum atomic E-state index is 12.1. The Hall–Kier alpha value is -1.82. The number of anilines is 1. The fourth-order valence-corrected chi connectivity index (χ4v) is 3.34. The minimum absolute atomic E-state index is 0.109. The van der Waals surface area contributed by atoms with E-state index in [0.717, 1.165) is 38.2 Å². The van der Waals surface area contributed by atoms with Crippen molar-refractivity contribution in [3.63, 3.8) is 0 Å². The van der Waals surface area contributed by atoms with E-state index in [2.05, 4.69) is 20.5 Å². The van der Waals surface area contributed by atoms with Crippen LogP contribution in [-0.2, 0) is 0 Å². The summed E-state index contributed by atoms with van der Waals surface area (Å²) in [4.78, 5) is 18.7. The Balaban J connectivity index is 1.77. The van der Waals surface area contributed by atoms with Crippen molar-refractivity contribution in [3.05, 3.63) is 24.4 Å². The Morgan fingerprint density at radius 1 is 1.38 bits per heavy atom. The molecular formula is C18H30N4O2. The Morgan fingerprint density at radius 3 is 2.75 bits per heavy atom. The molecular weight excluding hydrogens is 304 g/mol. The number of hydrogen-bond donors (Lipinski definition) is 3. The first-order chi connectivity index (χ1) is 11.6. The summed E-state index contributed by atoms with van der Waals surface area (Å²) in [7, 11) is 0. The van der Waals surface area contributed by atoms with Gasteiger partial charge in [-0.1, -0.05) is 32.8 Å². The number of carbonyl (C=O) groups is 1. The molecule has 1 aliphatic heterocycles. The molecule has 0 spiro atoms. The van der Waals surface area contributed by atoms with Crippen molar-refractivity contribution in [2.24, 2.45) is 0 Å². The van der Waals surface area contributed by atoms with Crippen LogP contribution in [0.2, 0.25) is 0 Å². The Kier molecular flexibility index (Phi) is 6.85. The van der Waals surface area contributed by atoms with Crippen LogP contribution in [0.15, 0.2) is 24.4 Å². The third kappa shape index (κ3) is 5.37. The van der Waals surface area contributed by atoms with E-state index in [9.17, 15) is 9.90 Å². The number of urea groups is 1. The van der Waals surface area contributed by atoms with E-state index in [0.29, 0.717) is 19.4 Å². The molecule has 0 aromatic carbocycles. The number of rotatable bonds is 8. The van der Waals surface area contributed by atoms with Crippen molar-refractivity contribution in [2.45, 2.75) is 57.6 Å². The van der Waals surface area contributed by atoms with Crippen LogP contribution in [0.4, 0.5) is 10.6 Å². The molecule has 1 fully saturated rings. The molecule has 0 bridgehead atoms. The van der Waals surface area contributed by atoms with Crippen LogP contribution in [0.1, 0.15) is 46.0 Å². The number of nitrogens with one attached hydrogen (secondary N) is 2. The van der Waals surface area contributed by atoms with Gasteiger partial charge in [-0.15, -0.1) is 0 Å². The SMILES string of the molecule is CCCC(O)(CCC)CNC(=O)NC1CCN(c2ccccn2)C1. The van der Waals surface area contributed by atoms with Crippen molar-refractivity contribution in [1.29, 1.82) is 0 Å². The maximum Gasteiger partial charge on any atom is 0.315 e. The molecule has 1 saturated heterocycles. The highest BCUT2D eigenvalue weighted by Crippen LogP contribution is 2.19. The Labute approximate surface area is 144 Å². The lowest BCUT2D eigenvalue weighted by atomic mass is 9.93. The normalized spacial score (nSPS) is 17.8. The zero-order valence-electron chi connectivity index (χ0n) is 14.8. The number of aromatic nitrogens is 1. The lowest BCUT2D eigenvalue weighted by molar-refractivity contribution is 0.0240. The van der Waals surface area contributed by atoms with E-state index in [4.69, 9.17) is 0 Å². The molecule has 6 heteroatoms. The molecule has 2 heterocycles. The number of amides is 2. The quantitative estimate of drug-likeness (QED) is 0.682. The van der Waals surface area contributed by atoms with Crippen LogP contribution in [-0.4, -0.2) is 47.4 Å². The van der Waals surface area contributed by atoms with Gasteiger partial charge in [-0.3, -0.25) is 0 Å². The van der Waals surface area contributed by atoms with Crippen LogP contribution >= 0.6 is 0 Å². The van der Waals surface area contributed by atoms with Crippen LogP contribution in [0.5, 0.6) is 0 Å². The molecule has 24 heavy (non-hydrogen) atoms. The lowest BCUT2D eigenvalue weighted by Gasteiger charge is -2.28. The van der Waals surface area contributed by atoms with Crippen LogP contribution in [0.25, 0.3) is 0 Å². The van der Waals surface area contributed by atoms with Gasteiger partial charge in [0.05, 0.1) is 5.60 Å². The van der Waals surface area contributed by atoms with Gasteiger partial charge in [0.1, 0.15) is 5.82 Å². The Morgan fingerprint density at radius 2 is 2.12 bits per heavy atom. The Bertz CT molecular complexity index is 503. The highest BCUT2D eigenvalue weighted by Gasteiger charge is 2.27. The summed E-state index contributed by atoms with van der Waals surface area (Å²) in [5.41, 5.74) is -0.795. The molecule has 6 nitrogen and oxygen atoms in total. The number of carbonyl (C=O) groups excluding carboxylic acids is 1. The summed E-state index contributed by atoms with van der Waals surface area (Å²) in [6.07, 6.45) is 5.90. The van der Waals surface area contributed by atoms with E-state index in [1.165, 1.54) is 0 Å². The summed E-state index contributed by atoms with van der Waals surface area (Å²) in [6.45, 7) is 6.05.